The predicted octanol–water partition coefficient (Wildman–Crippen LogP) is 1.67. The van der Waals surface area contributed by atoms with Crippen molar-refractivity contribution < 1.29 is 19.1 Å². The van der Waals surface area contributed by atoms with Crippen molar-refractivity contribution >= 4 is 11.9 Å². The van der Waals surface area contributed by atoms with Crippen molar-refractivity contribution in [3.8, 4) is 0 Å². The fraction of sp³-hybridized carbons (Fsp3) is 0.800. The molecule has 0 aromatic carbocycles. The molecule has 0 aliphatic carbocycles. The topological polar surface area (TPSA) is 52.6 Å². The van der Waals surface area contributed by atoms with E-state index in [-0.39, 0.29) is 24.5 Å². The van der Waals surface area contributed by atoms with E-state index in [0.717, 1.165) is 6.42 Å². The van der Waals surface area contributed by atoms with E-state index in [1.54, 1.807) is 0 Å². The summed E-state index contributed by atoms with van der Waals surface area (Å²) in [6.07, 6.45) is 1.23. The first-order chi connectivity index (χ1) is 6.60. The number of hydrogen-bond acceptors (Lipinski definition) is 4. The molecule has 0 aliphatic heterocycles. The van der Waals surface area contributed by atoms with Gasteiger partial charge in [0.25, 0.3) is 0 Å². The van der Waals surface area contributed by atoms with Gasteiger partial charge in [-0.25, -0.2) is 0 Å². The van der Waals surface area contributed by atoms with Crippen molar-refractivity contribution in [3.05, 3.63) is 0 Å². The predicted molar refractivity (Wildman–Crippen MR) is 51.7 cm³/mol. The third-order valence-electron chi connectivity index (χ3n) is 1.65. The molecule has 0 spiro atoms. The summed E-state index contributed by atoms with van der Waals surface area (Å²) in [6, 6.07) is 0. The number of carbonyl (C=O) groups is 2. The normalized spacial score (nSPS) is 11.9. The zero-order chi connectivity index (χ0) is 11.0. The molecule has 0 heterocycles. The third kappa shape index (κ3) is 6.46. The lowest BCUT2D eigenvalue weighted by atomic mass is 10.2. The van der Waals surface area contributed by atoms with Gasteiger partial charge in [-0.1, -0.05) is 13.8 Å². The van der Waals surface area contributed by atoms with Crippen LogP contribution in [0.15, 0.2) is 0 Å². The summed E-state index contributed by atoms with van der Waals surface area (Å²) in [5, 5.41) is 0. The summed E-state index contributed by atoms with van der Waals surface area (Å²) in [7, 11) is 0. The third-order valence-corrected chi connectivity index (χ3v) is 1.65. The molecule has 0 bridgehead atoms. The molecular formula is C10H18O4. The molecule has 4 nitrogen and oxygen atoms in total. The van der Waals surface area contributed by atoms with E-state index < -0.39 is 0 Å². The zero-order valence-corrected chi connectivity index (χ0v) is 9.04. The van der Waals surface area contributed by atoms with Gasteiger partial charge in [-0.2, -0.15) is 0 Å². The molecule has 14 heavy (non-hydrogen) atoms. The molecule has 0 amide bonds. The minimum Gasteiger partial charge on any atom is -0.466 e. The summed E-state index contributed by atoms with van der Waals surface area (Å²) >= 11 is 0. The molecular weight excluding hydrogens is 184 g/mol. The first-order valence-electron chi connectivity index (χ1n) is 4.93. The highest BCUT2D eigenvalue weighted by Gasteiger charge is 2.15. The van der Waals surface area contributed by atoms with Crippen molar-refractivity contribution in [1.82, 2.24) is 0 Å². The Morgan fingerprint density at radius 3 is 2.36 bits per heavy atom. The Morgan fingerprint density at radius 2 is 1.93 bits per heavy atom. The lowest BCUT2D eigenvalue weighted by Crippen LogP contribution is -2.21. The number of carbonyl (C=O) groups excluding carboxylic acids is 2. The summed E-state index contributed by atoms with van der Waals surface area (Å²) < 4.78 is 9.79. The van der Waals surface area contributed by atoms with Crippen LogP contribution in [-0.4, -0.2) is 24.6 Å². The van der Waals surface area contributed by atoms with E-state index in [1.807, 2.05) is 13.8 Å². The van der Waals surface area contributed by atoms with Gasteiger partial charge in [0.2, 0.25) is 0 Å². The zero-order valence-electron chi connectivity index (χ0n) is 9.04. The second-order valence-corrected chi connectivity index (χ2v) is 3.06. The summed E-state index contributed by atoms with van der Waals surface area (Å²) in [6.45, 7) is 5.55. The molecule has 82 valence electrons. The van der Waals surface area contributed by atoms with Crippen molar-refractivity contribution in [2.45, 2.75) is 46.1 Å². The van der Waals surface area contributed by atoms with Crippen LogP contribution in [0.5, 0.6) is 0 Å². The fourth-order valence-electron chi connectivity index (χ4n) is 0.965. The number of esters is 2. The maximum Gasteiger partial charge on any atom is 0.309 e. The smallest absolute Gasteiger partial charge is 0.309 e. The van der Waals surface area contributed by atoms with E-state index in [1.165, 1.54) is 6.92 Å². The Bertz CT molecular complexity index is 189. The maximum atomic E-state index is 11.1. The fourth-order valence-corrected chi connectivity index (χ4v) is 0.965. The van der Waals surface area contributed by atoms with Crippen LogP contribution in [0.25, 0.3) is 0 Å². The second-order valence-electron chi connectivity index (χ2n) is 3.06. The van der Waals surface area contributed by atoms with Crippen molar-refractivity contribution in [1.29, 1.82) is 0 Å². The van der Waals surface area contributed by atoms with Gasteiger partial charge in [0.15, 0.2) is 0 Å². The van der Waals surface area contributed by atoms with Crippen LogP contribution in [0.2, 0.25) is 0 Å². The summed E-state index contributed by atoms with van der Waals surface area (Å²) in [5.74, 6) is -0.667. The monoisotopic (exact) mass is 202 g/mol. The highest BCUT2D eigenvalue weighted by molar-refractivity contribution is 5.71. The average molecular weight is 202 g/mol. The standard InChI is InChI=1S/C10H18O4/c1-4-6-13-10(12)7-9(5-2)14-8(3)11/h9H,4-7H2,1-3H3. The quantitative estimate of drug-likeness (QED) is 0.615. The molecule has 0 aliphatic rings. The highest BCUT2D eigenvalue weighted by Crippen LogP contribution is 2.05. The number of rotatable bonds is 6. The van der Waals surface area contributed by atoms with Gasteiger partial charge in [0, 0.05) is 6.92 Å². The van der Waals surface area contributed by atoms with Gasteiger partial charge in [-0.05, 0) is 12.8 Å². The number of ether oxygens (including phenoxy) is 2. The van der Waals surface area contributed by atoms with E-state index >= 15 is 0 Å². The van der Waals surface area contributed by atoms with E-state index in [0.29, 0.717) is 13.0 Å². The lowest BCUT2D eigenvalue weighted by Gasteiger charge is -2.13. The molecule has 0 aromatic heterocycles. The molecule has 0 radical (unpaired) electrons. The van der Waals surface area contributed by atoms with Crippen molar-refractivity contribution in [3.63, 3.8) is 0 Å². The number of hydrogen-bond donors (Lipinski definition) is 0. The van der Waals surface area contributed by atoms with E-state index in [9.17, 15) is 9.59 Å². The van der Waals surface area contributed by atoms with Crippen LogP contribution in [-0.2, 0) is 19.1 Å². The largest absolute Gasteiger partial charge is 0.466 e. The van der Waals surface area contributed by atoms with Crippen LogP contribution in [0.4, 0.5) is 0 Å². The first-order valence-corrected chi connectivity index (χ1v) is 4.93. The second kappa shape index (κ2) is 7.35. The molecule has 0 saturated carbocycles. The van der Waals surface area contributed by atoms with Crippen LogP contribution in [0.1, 0.15) is 40.0 Å². The highest BCUT2D eigenvalue weighted by atomic mass is 16.6. The summed E-state index contributed by atoms with van der Waals surface area (Å²) in [5.41, 5.74) is 0. The SMILES string of the molecule is CCCOC(=O)CC(CC)OC(C)=O. The molecule has 0 N–H and O–H groups in total. The molecule has 1 unspecified atom stereocenters. The van der Waals surface area contributed by atoms with Crippen molar-refractivity contribution in [2.75, 3.05) is 6.61 Å². The summed E-state index contributed by atoms with van der Waals surface area (Å²) in [4.78, 5) is 21.8. The van der Waals surface area contributed by atoms with Gasteiger partial charge in [-0.3, -0.25) is 9.59 Å². The van der Waals surface area contributed by atoms with Gasteiger partial charge >= 0.3 is 11.9 Å². The molecule has 0 rings (SSSR count). The molecule has 0 aromatic rings. The Morgan fingerprint density at radius 1 is 1.29 bits per heavy atom. The average Bonchev–Trinajstić information content (AvgIpc) is 2.12. The van der Waals surface area contributed by atoms with Gasteiger partial charge in [0.1, 0.15) is 6.10 Å². The van der Waals surface area contributed by atoms with Crippen LogP contribution < -0.4 is 0 Å². The maximum absolute atomic E-state index is 11.1. The lowest BCUT2D eigenvalue weighted by molar-refractivity contribution is -0.153. The Balaban J connectivity index is 3.80. The molecule has 1 atom stereocenters. The Labute approximate surface area is 84.6 Å². The minimum absolute atomic E-state index is 0.149. The van der Waals surface area contributed by atoms with Gasteiger partial charge in [0.05, 0.1) is 13.0 Å². The van der Waals surface area contributed by atoms with Crippen LogP contribution in [0.3, 0.4) is 0 Å². The van der Waals surface area contributed by atoms with Crippen LogP contribution >= 0.6 is 0 Å². The van der Waals surface area contributed by atoms with Crippen molar-refractivity contribution in [2.24, 2.45) is 0 Å². The van der Waals surface area contributed by atoms with Gasteiger partial charge in [-0.15, -0.1) is 0 Å². The van der Waals surface area contributed by atoms with Gasteiger partial charge < -0.3 is 9.47 Å². The molecule has 0 fully saturated rings. The minimum atomic E-state index is -0.361. The Hall–Kier alpha value is -1.06. The van der Waals surface area contributed by atoms with Crippen LogP contribution in [0, 0.1) is 0 Å². The first kappa shape index (κ1) is 12.9. The van der Waals surface area contributed by atoms with E-state index in [4.69, 9.17) is 9.47 Å². The Kier molecular flexibility index (Phi) is 6.80. The molecule has 0 saturated heterocycles. The molecule has 4 heteroatoms. The van der Waals surface area contributed by atoms with E-state index in [2.05, 4.69) is 0 Å².